The van der Waals surface area contributed by atoms with Crippen LogP contribution in [-0.2, 0) is 11.2 Å². The number of nitrogens with one attached hydrogen (secondary N) is 1. The van der Waals surface area contributed by atoms with Gasteiger partial charge in [-0.15, -0.1) is 0 Å². The number of benzene rings is 1. The van der Waals surface area contributed by atoms with E-state index in [4.69, 9.17) is 10.8 Å². The van der Waals surface area contributed by atoms with Crippen LogP contribution in [0.4, 0.5) is 5.69 Å². The minimum Gasteiger partial charge on any atom is -0.504 e. The summed E-state index contributed by atoms with van der Waals surface area (Å²) >= 11 is 0. The first-order valence-electron chi connectivity index (χ1n) is 6.80. The predicted octanol–water partition coefficient (Wildman–Crippen LogP) is -0.975. The number of carbonyl (C=O) groups excluding carboxylic acids is 1. The number of amides is 1. The fourth-order valence-electron chi connectivity index (χ4n) is 2.80. The Morgan fingerprint density at radius 1 is 1.43 bits per heavy atom. The number of rotatable bonds is 3. The molecule has 0 aliphatic carbocycles. The van der Waals surface area contributed by atoms with Gasteiger partial charge in [-0.3, -0.25) is 9.28 Å². The summed E-state index contributed by atoms with van der Waals surface area (Å²) in [5, 5.41) is 31.0. The van der Waals surface area contributed by atoms with Gasteiger partial charge in [-0.25, -0.2) is 0 Å². The summed E-state index contributed by atoms with van der Waals surface area (Å²) in [5.74, 6) is -0.716. The maximum absolute atomic E-state index is 11.8. The Morgan fingerprint density at radius 2 is 2.05 bits per heavy atom. The number of aliphatic hydroxyl groups excluding tert-OH is 1. The fourth-order valence-corrected chi connectivity index (χ4v) is 2.80. The molecule has 1 aromatic rings. The summed E-state index contributed by atoms with van der Waals surface area (Å²) in [4.78, 5) is 11.8. The van der Waals surface area contributed by atoms with Crippen molar-refractivity contribution < 1.29 is 20.1 Å². The second-order valence-electron chi connectivity index (χ2n) is 6.04. The highest BCUT2D eigenvalue weighted by Gasteiger charge is 2.35. The van der Waals surface area contributed by atoms with E-state index in [0.717, 1.165) is 11.3 Å². The summed E-state index contributed by atoms with van der Waals surface area (Å²) in [6.45, 7) is 0.225. The third-order valence-corrected chi connectivity index (χ3v) is 3.85. The van der Waals surface area contributed by atoms with Crippen LogP contribution in [0.5, 0.6) is 11.5 Å². The molecule has 0 radical (unpaired) electrons. The third kappa shape index (κ3) is 3.10. The predicted molar refractivity (Wildman–Crippen MR) is 79.0 cm³/mol. The standard InChI is InChI=1S/C14H21N3O4/c1-17(2)6-9(16-14(21)10(15)7-18)3-8-4-12(19)13(20)5-11(8)17/h4-5,9-10,18H,3,6-7,15H2,1-2H3,(H2-,16,19,20,21)/p+1/t9-,10-/m0/s1. The van der Waals surface area contributed by atoms with Gasteiger partial charge in [0.2, 0.25) is 5.91 Å². The van der Waals surface area contributed by atoms with Crippen molar-refractivity contribution in [3.8, 4) is 11.5 Å². The molecule has 1 aliphatic rings. The van der Waals surface area contributed by atoms with E-state index in [-0.39, 0.29) is 17.5 Å². The molecule has 0 fully saturated rings. The highest BCUT2D eigenvalue weighted by molar-refractivity contribution is 5.82. The molecule has 2 rings (SSSR count). The number of aromatic hydroxyl groups is 2. The smallest absolute Gasteiger partial charge is 0.239 e. The lowest BCUT2D eigenvalue weighted by atomic mass is 9.95. The molecule has 0 spiro atoms. The van der Waals surface area contributed by atoms with E-state index in [1.807, 2.05) is 14.1 Å². The van der Waals surface area contributed by atoms with E-state index >= 15 is 0 Å². The number of carbonyl (C=O) groups is 1. The molecule has 0 saturated carbocycles. The molecule has 7 nitrogen and oxygen atoms in total. The number of hydrogen-bond donors (Lipinski definition) is 5. The molecule has 1 aliphatic heterocycles. The van der Waals surface area contributed by atoms with Crippen LogP contribution in [-0.4, -0.2) is 60.6 Å². The summed E-state index contributed by atoms with van der Waals surface area (Å²) in [6, 6.07) is 1.99. The van der Waals surface area contributed by atoms with Gasteiger partial charge < -0.3 is 26.4 Å². The first kappa shape index (κ1) is 15.6. The summed E-state index contributed by atoms with van der Waals surface area (Å²) in [5.41, 5.74) is 7.27. The Labute approximate surface area is 123 Å². The van der Waals surface area contributed by atoms with Crippen molar-refractivity contribution in [3.63, 3.8) is 0 Å². The Bertz CT molecular complexity index is 559. The lowest BCUT2D eigenvalue weighted by Crippen LogP contribution is -2.58. The van der Waals surface area contributed by atoms with Crippen LogP contribution in [0.25, 0.3) is 0 Å². The lowest BCUT2D eigenvalue weighted by Gasteiger charge is -2.39. The maximum atomic E-state index is 11.8. The van der Waals surface area contributed by atoms with Crippen LogP contribution < -0.4 is 15.5 Å². The van der Waals surface area contributed by atoms with Gasteiger partial charge in [0, 0.05) is 18.1 Å². The van der Waals surface area contributed by atoms with Gasteiger partial charge >= 0.3 is 0 Å². The quantitative estimate of drug-likeness (QED) is 0.363. The van der Waals surface area contributed by atoms with Crippen LogP contribution in [0.15, 0.2) is 12.1 Å². The molecule has 7 heteroatoms. The summed E-state index contributed by atoms with van der Waals surface area (Å²) in [7, 11) is 3.92. The van der Waals surface area contributed by atoms with E-state index in [2.05, 4.69) is 5.32 Å². The number of phenols is 2. The van der Waals surface area contributed by atoms with Crippen molar-refractivity contribution in [2.24, 2.45) is 5.73 Å². The van der Waals surface area contributed by atoms with E-state index in [0.29, 0.717) is 17.4 Å². The second-order valence-corrected chi connectivity index (χ2v) is 6.04. The molecule has 6 N–H and O–H groups in total. The van der Waals surface area contributed by atoms with Crippen LogP contribution in [0, 0.1) is 0 Å². The highest BCUT2D eigenvalue weighted by Crippen LogP contribution is 2.38. The highest BCUT2D eigenvalue weighted by atomic mass is 16.3. The van der Waals surface area contributed by atoms with Crippen LogP contribution in [0.1, 0.15) is 5.56 Å². The van der Waals surface area contributed by atoms with Crippen LogP contribution >= 0.6 is 0 Å². The molecule has 21 heavy (non-hydrogen) atoms. The second kappa shape index (κ2) is 5.51. The number of nitrogens with two attached hydrogens (primary N) is 1. The van der Waals surface area contributed by atoms with Gasteiger partial charge in [-0.2, -0.15) is 0 Å². The van der Waals surface area contributed by atoms with Crippen molar-refractivity contribution in [2.45, 2.75) is 18.5 Å². The number of likely N-dealkylation sites (N-methyl/N-ethyl adjacent to an activating group) is 1. The van der Waals surface area contributed by atoms with Gasteiger partial charge in [0.15, 0.2) is 11.5 Å². The van der Waals surface area contributed by atoms with Crippen LogP contribution in [0.3, 0.4) is 0 Å². The Morgan fingerprint density at radius 3 is 2.67 bits per heavy atom. The summed E-state index contributed by atoms with van der Waals surface area (Å²) in [6.07, 6.45) is 0.536. The zero-order valence-corrected chi connectivity index (χ0v) is 12.2. The molecule has 0 aromatic heterocycles. The fraction of sp³-hybridized carbons (Fsp3) is 0.500. The monoisotopic (exact) mass is 296 g/mol. The van der Waals surface area contributed by atoms with E-state index in [9.17, 15) is 15.0 Å². The topological polar surface area (TPSA) is 116 Å². The van der Waals surface area contributed by atoms with Crippen molar-refractivity contribution in [1.82, 2.24) is 9.80 Å². The molecule has 1 aromatic carbocycles. The van der Waals surface area contributed by atoms with Crippen molar-refractivity contribution in [1.29, 1.82) is 0 Å². The number of nitrogens with zero attached hydrogens (tertiary/aromatic N) is 1. The molecular formula is C14H22N3O4+. The average Bonchev–Trinajstić information content (AvgIpc) is 2.39. The van der Waals surface area contributed by atoms with Crippen molar-refractivity contribution in [2.75, 3.05) is 27.2 Å². The minimum absolute atomic E-state index is 0.148. The number of phenolic OH excluding ortho intramolecular Hbond substituents is 2. The maximum Gasteiger partial charge on any atom is 0.239 e. The number of aliphatic hydroxyl groups is 1. The van der Waals surface area contributed by atoms with E-state index in [1.165, 1.54) is 6.07 Å². The van der Waals surface area contributed by atoms with Gasteiger partial charge in [-0.05, 0) is 6.07 Å². The van der Waals surface area contributed by atoms with Gasteiger partial charge in [0.05, 0.1) is 26.7 Å². The molecule has 0 bridgehead atoms. The van der Waals surface area contributed by atoms with E-state index in [1.54, 1.807) is 6.07 Å². The first-order valence-corrected chi connectivity index (χ1v) is 6.80. The van der Waals surface area contributed by atoms with Crippen molar-refractivity contribution in [3.05, 3.63) is 17.7 Å². The van der Waals surface area contributed by atoms with Gasteiger partial charge in [-0.1, -0.05) is 0 Å². The molecule has 2 atom stereocenters. The average molecular weight is 296 g/mol. The zero-order valence-electron chi connectivity index (χ0n) is 12.2. The molecule has 0 saturated heterocycles. The molecule has 116 valence electrons. The molecule has 1 amide bonds. The Balaban J connectivity index is 2.24. The number of quaternary nitrogens is 1. The Hall–Kier alpha value is -1.83. The molecule has 0 unspecified atom stereocenters. The third-order valence-electron chi connectivity index (χ3n) is 3.85. The zero-order chi connectivity index (χ0) is 15.8. The Kier molecular flexibility index (Phi) is 4.08. The van der Waals surface area contributed by atoms with E-state index < -0.39 is 18.6 Å². The molecule has 1 heterocycles. The first-order chi connectivity index (χ1) is 9.74. The SMILES string of the molecule is C[N+]1(C)C[C@@H](NC(=O)[C@@H](N)CO)Cc2cc(O)c(O)cc21. The molecular weight excluding hydrogens is 274 g/mol. The largest absolute Gasteiger partial charge is 0.504 e. The van der Waals surface area contributed by atoms with Gasteiger partial charge in [0.1, 0.15) is 18.3 Å². The van der Waals surface area contributed by atoms with Crippen molar-refractivity contribution >= 4 is 11.6 Å². The minimum atomic E-state index is -0.935. The lowest BCUT2D eigenvalue weighted by molar-refractivity contribution is -0.124. The summed E-state index contributed by atoms with van der Waals surface area (Å²) < 4.78 is 0.461. The normalized spacial score (nSPS) is 21.4. The number of fused-ring (bicyclic) bond motifs is 1. The van der Waals surface area contributed by atoms with Gasteiger partial charge in [0.25, 0.3) is 0 Å². The van der Waals surface area contributed by atoms with Crippen LogP contribution in [0.2, 0.25) is 0 Å². The number of hydrogen-bond acceptors (Lipinski definition) is 5.